The Labute approximate surface area is 70.1 Å². The second-order valence-electron chi connectivity index (χ2n) is 2.84. The molecule has 2 aliphatic rings. The number of carbonyl (C=O) groups is 1. The van der Waals surface area contributed by atoms with Crippen molar-refractivity contribution in [3.8, 4) is 0 Å². The molecule has 0 spiro atoms. The maximum absolute atomic E-state index is 10.6. The molecular formula is C8H10O4. The minimum atomic E-state index is -0.399. The standard InChI is InChI=1S/C8H10O4/c1-5(9)11-7-3-2-6-4-10-8(7)12-6/h2-3,6-8H,4H2,1H3/t6-,7+,8+/m0/s1. The van der Waals surface area contributed by atoms with Gasteiger partial charge in [-0.3, -0.25) is 4.79 Å². The first-order valence-corrected chi connectivity index (χ1v) is 3.88. The molecule has 2 rings (SSSR count). The first kappa shape index (κ1) is 7.76. The fourth-order valence-corrected chi connectivity index (χ4v) is 1.32. The van der Waals surface area contributed by atoms with Crippen molar-refractivity contribution in [3.05, 3.63) is 12.2 Å². The van der Waals surface area contributed by atoms with E-state index in [4.69, 9.17) is 14.2 Å². The van der Waals surface area contributed by atoms with Crippen LogP contribution in [-0.2, 0) is 19.0 Å². The molecule has 0 aromatic carbocycles. The van der Waals surface area contributed by atoms with Crippen molar-refractivity contribution in [2.45, 2.75) is 25.4 Å². The molecule has 2 bridgehead atoms. The average Bonchev–Trinajstić information content (AvgIpc) is 2.39. The summed E-state index contributed by atoms with van der Waals surface area (Å²) in [5.74, 6) is -0.317. The van der Waals surface area contributed by atoms with Crippen LogP contribution < -0.4 is 0 Å². The van der Waals surface area contributed by atoms with E-state index < -0.39 is 6.29 Å². The van der Waals surface area contributed by atoms with Gasteiger partial charge >= 0.3 is 5.97 Å². The van der Waals surface area contributed by atoms with E-state index in [1.54, 1.807) is 0 Å². The molecule has 0 N–H and O–H groups in total. The largest absolute Gasteiger partial charge is 0.453 e. The Morgan fingerprint density at radius 3 is 3.17 bits per heavy atom. The zero-order valence-corrected chi connectivity index (χ0v) is 6.73. The van der Waals surface area contributed by atoms with Gasteiger partial charge in [0.2, 0.25) is 0 Å². The van der Waals surface area contributed by atoms with Crippen LogP contribution >= 0.6 is 0 Å². The summed E-state index contributed by atoms with van der Waals surface area (Å²) in [5, 5.41) is 0. The molecule has 2 heterocycles. The lowest BCUT2D eigenvalue weighted by Gasteiger charge is -2.21. The summed E-state index contributed by atoms with van der Waals surface area (Å²) < 4.78 is 15.5. The maximum atomic E-state index is 10.6. The van der Waals surface area contributed by atoms with Crippen LogP contribution in [-0.4, -0.2) is 31.1 Å². The lowest BCUT2D eigenvalue weighted by molar-refractivity contribution is -0.167. The molecule has 3 atom stereocenters. The molecule has 4 heteroatoms. The van der Waals surface area contributed by atoms with E-state index in [-0.39, 0.29) is 18.2 Å². The zero-order chi connectivity index (χ0) is 8.55. The SMILES string of the molecule is CC(=O)O[C@@H]1C=C[C@H]2CO[C@@H]1O2. The lowest BCUT2D eigenvalue weighted by Crippen LogP contribution is -2.32. The minimum Gasteiger partial charge on any atom is -0.453 e. The molecule has 0 aromatic heterocycles. The number of rotatable bonds is 1. The summed E-state index contributed by atoms with van der Waals surface area (Å²) >= 11 is 0. The smallest absolute Gasteiger partial charge is 0.303 e. The van der Waals surface area contributed by atoms with Crippen molar-refractivity contribution >= 4 is 5.97 Å². The Bertz CT molecular complexity index is 223. The van der Waals surface area contributed by atoms with E-state index in [1.807, 2.05) is 12.2 Å². The third-order valence-electron chi connectivity index (χ3n) is 1.82. The van der Waals surface area contributed by atoms with Gasteiger partial charge in [-0.25, -0.2) is 0 Å². The van der Waals surface area contributed by atoms with Crippen molar-refractivity contribution < 1.29 is 19.0 Å². The van der Waals surface area contributed by atoms with Gasteiger partial charge in [0.15, 0.2) is 12.4 Å². The highest BCUT2D eigenvalue weighted by Crippen LogP contribution is 2.23. The first-order valence-electron chi connectivity index (χ1n) is 3.88. The highest BCUT2D eigenvalue weighted by atomic mass is 16.7. The number of fused-ring (bicyclic) bond motifs is 2. The fraction of sp³-hybridized carbons (Fsp3) is 0.625. The van der Waals surface area contributed by atoms with Crippen molar-refractivity contribution in [1.82, 2.24) is 0 Å². The number of carbonyl (C=O) groups excluding carboxylic acids is 1. The monoisotopic (exact) mass is 170 g/mol. The number of ether oxygens (including phenoxy) is 3. The van der Waals surface area contributed by atoms with Crippen LogP contribution in [0.15, 0.2) is 12.2 Å². The predicted molar refractivity (Wildman–Crippen MR) is 39.3 cm³/mol. The van der Waals surface area contributed by atoms with Gasteiger partial charge in [0.05, 0.1) is 6.61 Å². The molecule has 12 heavy (non-hydrogen) atoms. The first-order chi connectivity index (χ1) is 5.75. The second-order valence-corrected chi connectivity index (χ2v) is 2.84. The number of esters is 1. The lowest BCUT2D eigenvalue weighted by atomic mass is 10.2. The molecule has 0 saturated carbocycles. The van der Waals surface area contributed by atoms with Crippen LogP contribution in [0.25, 0.3) is 0 Å². The van der Waals surface area contributed by atoms with Crippen LogP contribution in [0, 0.1) is 0 Å². The minimum absolute atomic E-state index is 0.0433. The molecular weight excluding hydrogens is 160 g/mol. The van der Waals surface area contributed by atoms with Crippen LogP contribution in [0.1, 0.15) is 6.92 Å². The predicted octanol–water partition coefficient (Wildman–Crippen LogP) is 0.229. The van der Waals surface area contributed by atoms with Crippen molar-refractivity contribution in [2.75, 3.05) is 6.61 Å². The molecule has 0 aromatic rings. The van der Waals surface area contributed by atoms with E-state index >= 15 is 0 Å². The maximum Gasteiger partial charge on any atom is 0.303 e. The van der Waals surface area contributed by atoms with Crippen LogP contribution in [0.3, 0.4) is 0 Å². The van der Waals surface area contributed by atoms with E-state index in [0.717, 1.165) is 0 Å². The summed E-state index contributed by atoms with van der Waals surface area (Å²) in [6.45, 7) is 1.92. The van der Waals surface area contributed by atoms with Gasteiger partial charge in [-0.15, -0.1) is 0 Å². The second kappa shape index (κ2) is 2.88. The third-order valence-corrected chi connectivity index (χ3v) is 1.82. The molecule has 0 radical (unpaired) electrons. The summed E-state index contributed by atoms with van der Waals surface area (Å²) in [5.41, 5.74) is 0. The molecule has 2 aliphatic heterocycles. The normalized spacial score (nSPS) is 38.2. The van der Waals surface area contributed by atoms with Crippen molar-refractivity contribution in [3.63, 3.8) is 0 Å². The molecule has 0 aliphatic carbocycles. The van der Waals surface area contributed by atoms with Crippen LogP contribution in [0.2, 0.25) is 0 Å². The Balaban J connectivity index is 2.02. The van der Waals surface area contributed by atoms with Gasteiger partial charge in [-0.2, -0.15) is 0 Å². The van der Waals surface area contributed by atoms with Gasteiger partial charge in [0.1, 0.15) is 6.10 Å². The van der Waals surface area contributed by atoms with Gasteiger partial charge in [0, 0.05) is 6.92 Å². The Morgan fingerprint density at radius 2 is 2.42 bits per heavy atom. The average molecular weight is 170 g/mol. The Morgan fingerprint density at radius 1 is 1.58 bits per heavy atom. The van der Waals surface area contributed by atoms with Gasteiger partial charge in [0.25, 0.3) is 0 Å². The molecule has 4 nitrogen and oxygen atoms in total. The molecule has 0 amide bonds. The van der Waals surface area contributed by atoms with Gasteiger partial charge in [-0.05, 0) is 6.08 Å². The van der Waals surface area contributed by atoms with Crippen LogP contribution in [0.5, 0.6) is 0 Å². The third kappa shape index (κ3) is 1.35. The van der Waals surface area contributed by atoms with Gasteiger partial charge < -0.3 is 14.2 Å². The molecule has 0 unspecified atom stereocenters. The van der Waals surface area contributed by atoms with E-state index in [0.29, 0.717) is 6.61 Å². The summed E-state index contributed by atoms with van der Waals surface area (Å²) in [7, 11) is 0. The quantitative estimate of drug-likeness (QED) is 0.417. The topological polar surface area (TPSA) is 44.8 Å². The van der Waals surface area contributed by atoms with Crippen molar-refractivity contribution in [1.29, 1.82) is 0 Å². The number of hydrogen-bond donors (Lipinski definition) is 0. The Kier molecular flexibility index (Phi) is 1.86. The zero-order valence-electron chi connectivity index (χ0n) is 6.73. The summed E-state index contributed by atoms with van der Waals surface area (Å²) in [6, 6.07) is 0. The molecule has 1 saturated heterocycles. The fourth-order valence-electron chi connectivity index (χ4n) is 1.32. The van der Waals surface area contributed by atoms with E-state index in [1.165, 1.54) is 6.92 Å². The highest BCUT2D eigenvalue weighted by molar-refractivity contribution is 5.66. The van der Waals surface area contributed by atoms with Gasteiger partial charge in [-0.1, -0.05) is 6.08 Å². The Hall–Kier alpha value is -0.870. The highest BCUT2D eigenvalue weighted by Gasteiger charge is 2.35. The molecule has 1 fully saturated rings. The molecule has 66 valence electrons. The van der Waals surface area contributed by atoms with Crippen molar-refractivity contribution in [2.24, 2.45) is 0 Å². The van der Waals surface area contributed by atoms with Crippen LogP contribution in [0.4, 0.5) is 0 Å². The summed E-state index contributed by atoms with van der Waals surface area (Å²) in [6.07, 6.45) is 2.94. The summed E-state index contributed by atoms with van der Waals surface area (Å²) in [4.78, 5) is 10.6. The van der Waals surface area contributed by atoms with E-state index in [9.17, 15) is 4.79 Å². The number of hydrogen-bond acceptors (Lipinski definition) is 4. The van der Waals surface area contributed by atoms with E-state index in [2.05, 4.69) is 0 Å².